The summed E-state index contributed by atoms with van der Waals surface area (Å²) in [7, 11) is 6.42. The lowest BCUT2D eigenvalue weighted by atomic mass is 9.89. The lowest BCUT2D eigenvalue weighted by molar-refractivity contribution is 0.0842. The molecule has 42 heavy (non-hydrogen) atoms. The molecule has 0 N–H and O–H groups in total. The number of hydrogen-bond donors (Lipinski definition) is 0. The minimum absolute atomic E-state index is 0.0525. The van der Waals surface area contributed by atoms with Crippen LogP contribution in [0, 0.1) is 0 Å². The van der Waals surface area contributed by atoms with E-state index in [4.69, 9.17) is 46.9 Å². The van der Waals surface area contributed by atoms with E-state index in [0.29, 0.717) is 53.6 Å². The summed E-state index contributed by atoms with van der Waals surface area (Å²) in [4.78, 5) is 13.1. The van der Waals surface area contributed by atoms with Gasteiger partial charge in [0, 0.05) is 32.5 Å². The average Bonchev–Trinajstić information content (AvgIpc) is 2.92. The minimum Gasteiger partial charge on any atom is -0.496 e. The number of fused-ring (bicyclic) bond motifs is 1. The molecule has 2 aromatic carbocycles. The van der Waals surface area contributed by atoms with Crippen molar-refractivity contribution in [2.24, 2.45) is 0 Å². The predicted molar refractivity (Wildman–Crippen MR) is 171 cm³/mol. The third-order valence-corrected chi connectivity index (χ3v) is 8.03. The summed E-state index contributed by atoms with van der Waals surface area (Å²) in [5.74, 6) is 2.74. The fraction of sp³-hybridized carbons (Fsp3) is 0.559. The van der Waals surface area contributed by atoms with Gasteiger partial charge in [-0.2, -0.15) is 0 Å². The number of rotatable bonds is 14. The molecule has 0 spiro atoms. The monoisotopic (exact) mass is 620 g/mol. The van der Waals surface area contributed by atoms with Gasteiger partial charge in [0.1, 0.15) is 28.9 Å². The van der Waals surface area contributed by atoms with Crippen molar-refractivity contribution in [1.29, 1.82) is 0 Å². The van der Waals surface area contributed by atoms with Crippen LogP contribution < -0.4 is 23.7 Å². The number of ether oxygens (including phenoxy) is 5. The van der Waals surface area contributed by atoms with E-state index in [0.717, 1.165) is 36.0 Å². The molecule has 3 rings (SSSR count). The minimum atomic E-state index is -0.521. The largest absolute Gasteiger partial charge is 0.496 e. The Morgan fingerprint density at radius 1 is 0.929 bits per heavy atom. The molecular formula is C34H46Cl2O6. The molecule has 0 bridgehead atoms. The van der Waals surface area contributed by atoms with Crippen LogP contribution in [0.4, 0.5) is 0 Å². The number of methoxy groups -OCH3 is 4. The Labute approximate surface area is 261 Å². The van der Waals surface area contributed by atoms with Crippen LogP contribution in [0.1, 0.15) is 99.9 Å². The Balaban J connectivity index is 2.01. The molecule has 1 aliphatic heterocycles. The van der Waals surface area contributed by atoms with Gasteiger partial charge in [0.15, 0.2) is 17.3 Å². The molecule has 8 heteroatoms. The van der Waals surface area contributed by atoms with Crippen molar-refractivity contribution in [3.63, 3.8) is 0 Å². The molecule has 1 aliphatic rings. The topological polar surface area (TPSA) is 63.2 Å². The summed E-state index contributed by atoms with van der Waals surface area (Å²) in [5.41, 5.74) is 4.32. The molecule has 0 aromatic heterocycles. The second kappa shape index (κ2) is 14.3. The number of carbonyl (C=O) groups is 1. The molecule has 1 heterocycles. The van der Waals surface area contributed by atoms with Crippen molar-refractivity contribution in [2.45, 2.75) is 95.4 Å². The molecule has 2 aromatic rings. The summed E-state index contributed by atoms with van der Waals surface area (Å²) in [6.07, 6.45) is 6.62. The first-order valence-corrected chi connectivity index (χ1v) is 15.2. The van der Waals surface area contributed by atoms with Crippen LogP contribution in [0.25, 0.3) is 0 Å². The van der Waals surface area contributed by atoms with Crippen molar-refractivity contribution in [1.82, 2.24) is 0 Å². The van der Waals surface area contributed by atoms with Gasteiger partial charge in [-0.25, -0.2) is 0 Å². The molecule has 0 saturated carbocycles. The molecule has 0 amide bonds. The summed E-state index contributed by atoms with van der Waals surface area (Å²) < 4.78 is 29.5. The Hall–Kier alpha value is -2.57. The van der Waals surface area contributed by atoms with E-state index in [9.17, 15) is 4.79 Å². The number of halogens is 2. The molecule has 0 radical (unpaired) electrons. The summed E-state index contributed by atoms with van der Waals surface area (Å²) in [6, 6.07) is 5.61. The molecule has 232 valence electrons. The van der Waals surface area contributed by atoms with Crippen molar-refractivity contribution in [3.05, 3.63) is 52.1 Å². The zero-order valence-electron chi connectivity index (χ0n) is 26.5. The van der Waals surface area contributed by atoms with E-state index >= 15 is 0 Å². The van der Waals surface area contributed by atoms with E-state index in [1.807, 2.05) is 39.8 Å². The molecule has 0 unspecified atom stereocenters. The molecule has 0 aliphatic carbocycles. The number of hydrogen-bond acceptors (Lipinski definition) is 6. The summed E-state index contributed by atoms with van der Waals surface area (Å²) in [6.45, 7) is 10.1. The van der Waals surface area contributed by atoms with Gasteiger partial charge in [-0.15, -0.1) is 23.2 Å². The first-order chi connectivity index (χ1) is 19.7. The third-order valence-electron chi connectivity index (χ3n) is 7.65. The fourth-order valence-corrected chi connectivity index (χ4v) is 5.63. The van der Waals surface area contributed by atoms with E-state index in [2.05, 4.69) is 13.0 Å². The second-order valence-corrected chi connectivity index (χ2v) is 14.2. The number of ketones is 1. The van der Waals surface area contributed by atoms with Crippen molar-refractivity contribution in [2.75, 3.05) is 28.4 Å². The maximum absolute atomic E-state index is 13.8. The Morgan fingerprint density at radius 3 is 2.14 bits per heavy atom. The average molecular weight is 622 g/mol. The van der Waals surface area contributed by atoms with Crippen LogP contribution in [0.5, 0.6) is 28.7 Å². The molecule has 1 atom stereocenters. The van der Waals surface area contributed by atoms with Crippen LogP contribution in [0.15, 0.2) is 29.8 Å². The van der Waals surface area contributed by atoms with Gasteiger partial charge in [0.05, 0.1) is 34.9 Å². The SMILES string of the molecule is COc1cc2c(c(OC)c1CCC(C)(C)Cl)C(=O)C[C@@H](c1ccc(OC)c(OC)c1C/C=C(/C)CCCC(C)(C)Cl)O2. The fourth-order valence-electron chi connectivity index (χ4n) is 5.40. The number of Topliss-reactive ketones (excluding diaryl/α,β-unsaturated/α-hetero) is 1. The van der Waals surface area contributed by atoms with Gasteiger partial charge in [0.25, 0.3) is 0 Å². The van der Waals surface area contributed by atoms with Gasteiger partial charge in [-0.05, 0) is 79.2 Å². The molecule has 0 saturated heterocycles. The van der Waals surface area contributed by atoms with Crippen LogP contribution in [0.2, 0.25) is 0 Å². The lowest BCUT2D eigenvalue weighted by Gasteiger charge is -2.30. The maximum Gasteiger partial charge on any atom is 0.174 e. The number of allylic oxidation sites excluding steroid dienone is 2. The summed E-state index contributed by atoms with van der Waals surface area (Å²) >= 11 is 12.9. The number of carbonyl (C=O) groups excluding carboxylic acids is 1. The van der Waals surface area contributed by atoms with Crippen LogP contribution >= 0.6 is 23.2 Å². The Morgan fingerprint density at radius 2 is 1.57 bits per heavy atom. The smallest absolute Gasteiger partial charge is 0.174 e. The van der Waals surface area contributed by atoms with Gasteiger partial charge in [-0.1, -0.05) is 17.7 Å². The highest BCUT2D eigenvalue weighted by atomic mass is 35.5. The van der Waals surface area contributed by atoms with Crippen molar-refractivity contribution in [3.8, 4) is 28.7 Å². The first kappa shape index (κ1) is 33.9. The quantitative estimate of drug-likeness (QED) is 0.155. The molecular weight excluding hydrogens is 575 g/mol. The highest BCUT2D eigenvalue weighted by Gasteiger charge is 2.35. The van der Waals surface area contributed by atoms with Gasteiger partial charge < -0.3 is 23.7 Å². The summed E-state index contributed by atoms with van der Waals surface area (Å²) in [5, 5.41) is 0. The van der Waals surface area contributed by atoms with Crippen LogP contribution in [0.3, 0.4) is 0 Å². The molecule has 6 nitrogen and oxygen atoms in total. The van der Waals surface area contributed by atoms with E-state index in [-0.39, 0.29) is 17.1 Å². The number of alkyl halides is 2. The van der Waals surface area contributed by atoms with Gasteiger partial charge in [0.2, 0.25) is 0 Å². The highest BCUT2D eigenvalue weighted by molar-refractivity contribution is 6.23. The lowest BCUT2D eigenvalue weighted by Crippen LogP contribution is -2.23. The number of benzene rings is 2. The highest BCUT2D eigenvalue weighted by Crippen LogP contribution is 2.48. The van der Waals surface area contributed by atoms with E-state index in [1.165, 1.54) is 5.57 Å². The standard InChI is InChI=1S/C34H46Cl2O6/c1-21(11-10-17-33(2,3)35)12-13-23-22(14-15-26(38-6)31(23)40-8)28-19-25(37)30-29(42-28)20-27(39-7)24(32(30)41-9)16-18-34(4,5)36/h12,14-15,20,28H,10-11,13,16-19H2,1-9H3/b21-12-/t28-/m0/s1. The zero-order valence-corrected chi connectivity index (χ0v) is 28.1. The zero-order chi connectivity index (χ0) is 31.2. The van der Waals surface area contributed by atoms with E-state index in [1.54, 1.807) is 34.5 Å². The van der Waals surface area contributed by atoms with Gasteiger partial charge in [-0.3, -0.25) is 4.79 Å². The first-order valence-electron chi connectivity index (χ1n) is 14.5. The van der Waals surface area contributed by atoms with Gasteiger partial charge >= 0.3 is 0 Å². The van der Waals surface area contributed by atoms with Crippen LogP contribution in [-0.2, 0) is 12.8 Å². The van der Waals surface area contributed by atoms with Crippen molar-refractivity contribution >= 4 is 29.0 Å². The molecule has 0 fully saturated rings. The van der Waals surface area contributed by atoms with Crippen LogP contribution in [-0.4, -0.2) is 44.0 Å². The second-order valence-electron chi connectivity index (χ2n) is 12.1. The Bertz CT molecular complexity index is 1290. The van der Waals surface area contributed by atoms with Crippen molar-refractivity contribution < 1.29 is 28.5 Å². The third kappa shape index (κ3) is 8.50. The maximum atomic E-state index is 13.8. The predicted octanol–water partition coefficient (Wildman–Crippen LogP) is 9.05. The Kier molecular flexibility index (Phi) is 11.5. The van der Waals surface area contributed by atoms with E-state index < -0.39 is 11.0 Å². The normalized spacial score (nSPS) is 15.6.